The standard InChI is InChI=1S/C13H26N2O/c1-13(2)6-5-11(8-14)9-15(13)10-12-4-3-7-16-12/h11-12H,3-10,14H2,1-2H3. The lowest BCUT2D eigenvalue weighted by atomic mass is 9.84. The number of rotatable bonds is 3. The maximum absolute atomic E-state index is 5.80. The van der Waals surface area contributed by atoms with Gasteiger partial charge in [0.2, 0.25) is 0 Å². The highest BCUT2D eigenvalue weighted by Crippen LogP contribution is 2.31. The van der Waals surface area contributed by atoms with E-state index in [9.17, 15) is 0 Å². The van der Waals surface area contributed by atoms with Gasteiger partial charge < -0.3 is 10.5 Å². The van der Waals surface area contributed by atoms with Crippen LogP contribution in [0.3, 0.4) is 0 Å². The highest BCUT2D eigenvalue weighted by atomic mass is 16.5. The third-order valence-electron chi connectivity index (χ3n) is 4.28. The van der Waals surface area contributed by atoms with E-state index < -0.39 is 0 Å². The number of hydrogen-bond donors (Lipinski definition) is 1. The maximum atomic E-state index is 5.80. The molecule has 3 heteroatoms. The molecule has 2 N–H and O–H groups in total. The molecule has 0 spiro atoms. The van der Waals surface area contributed by atoms with Gasteiger partial charge in [-0.05, 0) is 52.0 Å². The lowest BCUT2D eigenvalue weighted by Gasteiger charge is -2.46. The molecule has 2 fully saturated rings. The highest BCUT2D eigenvalue weighted by molar-refractivity contribution is 4.90. The smallest absolute Gasteiger partial charge is 0.0703 e. The third kappa shape index (κ3) is 2.76. The molecule has 0 aliphatic carbocycles. The highest BCUT2D eigenvalue weighted by Gasteiger charge is 2.35. The Balaban J connectivity index is 1.92. The predicted octanol–water partition coefficient (Wildman–Crippen LogP) is 1.61. The average Bonchev–Trinajstić information content (AvgIpc) is 2.74. The third-order valence-corrected chi connectivity index (χ3v) is 4.28. The Labute approximate surface area is 99.3 Å². The largest absolute Gasteiger partial charge is 0.377 e. The lowest BCUT2D eigenvalue weighted by Crippen LogP contribution is -2.53. The Hall–Kier alpha value is -0.120. The lowest BCUT2D eigenvalue weighted by molar-refractivity contribution is -0.00298. The summed E-state index contributed by atoms with van der Waals surface area (Å²) in [6.07, 6.45) is 5.49. The molecule has 0 bridgehead atoms. The van der Waals surface area contributed by atoms with Crippen LogP contribution in [0.5, 0.6) is 0 Å². The molecule has 0 aromatic rings. The second-order valence-corrected chi connectivity index (χ2v) is 5.99. The minimum atomic E-state index is 0.331. The Bertz CT molecular complexity index is 224. The van der Waals surface area contributed by atoms with Crippen LogP contribution in [0, 0.1) is 5.92 Å². The Morgan fingerprint density at radius 1 is 1.38 bits per heavy atom. The number of nitrogens with two attached hydrogens (primary N) is 1. The molecule has 2 atom stereocenters. The summed E-state index contributed by atoms with van der Waals surface area (Å²) < 4.78 is 5.74. The molecule has 2 aliphatic heterocycles. The van der Waals surface area contributed by atoms with Crippen molar-refractivity contribution in [2.45, 2.75) is 51.2 Å². The summed E-state index contributed by atoms with van der Waals surface area (Å²) in [5, 5.41) is 0. The van der Waals surface area contributed by atoms with Gasteiger partial charge in [-0.2, -0.15) is 0 Å². The number of ether oxygens (including phenoxy) is 1. The molecular weight excluding hydrogens is 200 g/mol. The molecule has 0 aromatic carbocycles. The van der Waals surface area contributed by atoms with Gasteiger partial charge in [-0.25, -0.2) is 0 Å². The van der Waals surface area contributed by atoms with E-state index in [-0.39, 0.29) is 0 Å². The molecule has 16 heavy (non-hydrogen) atoms. The van der Waals surface area contributed by atoms with Crippen LogP contribution in [0.1, 0.15) is 39.5 Å². The number of hydrogen-bond acceptors (Lipinski definition) is 3. The number of nitrogens with zero attached hydrogens (tertiary/aromatic N) is 1. The summed E-state index contributed by atoms with van der Waals surface area (Å²) in [5.74, 6) is 0.689. The van der Waals surface area contributed by atoms with E-state index in [1.807, 2.05) is 0 Å². The summed E-state index contributed by atoms with van der Waals surface area (Å²) in [5.41, 5.74) is 6.14. The van der Waals surface area contributed by atoms with Crippen LogP contribution >= 0.6 is 0 Å². The molecule has 0 aromatic heterocycles. The van der Waals surface area contributed by atoms with Crippen molar-refractivity contribution in [2.24, 2.45) is 11.7 Å². The van der Waals surface area contributed by atoms with E-state index in [1.54, 1.807) is 0 Å². The van der Waals surface area contributed by atoms with Gasteiger partial charge in [-0.15, -0.1) is 0 Å². The average molecular weight is 226 g/mol. The number of likely N-dealkylation sites (tertiary alicyclic amines) is 1. The molecule has 2 unspecified atom stereocenters. The fourth-order valence-electron chi connectivity index (χ4n) is 2.91. The van der Waals surface area contributed by atoms with Crippen molar-refractivity contribution in [2.75, 3.05) is 26.2 Å². The Kier molecular flexibility index (Phi) is 3.88. The van der Waals surface area contributed by atoms with Gasteiger partial charge in [0.1, 0.15) is 0 Å². The SMILES string of the molecule is CC1(C)CCC(CN)CN1CC1CCCO1. The zero-order valence-corrected chi connectivity index (χ0v) is 10.7. The molecule has 0 amide bonds. The van der Waals surface area contributed by atoms with Gasteiger partial charge in [-0.3, -0.25) is 4.90 Å². The van der Waals surface area contributed by atoms with Gasteiger partial charge in [0.05, 0.1) is 6.10 Å². The van der Waals surface area contributed by atoms with Crippen molar-refractivity contribution in [3.63, 3.8) is 0 Å². The molecule has 2 heterocycles. The van der Waals surface area contributed by atoms with Crippen molar-refractivity contribution in [1.29, 1.82) is 0 Å². The fraction of sp³-hybridized carbons (Fsp3) is 1.00. The molecule has 3 nitrogen and oxygen atoms in total. The normalized spacial score (nSPS) is 35.4. The number of piperidine rings is 1. The van der Waals surface area contributed by atoms with Crippen molar-refractivity contribution >= 4 is 0 Å². The molecule has 0 saturated carbocycles. The second-order valence-electron chi connectivity index (χ2n) is 5.99. The van der Waals surface area contributed by atoms with Crippen LogP contribution in [0.25, 0.3) is 0 Å². The minimum absolute atomic E-state index is 0.331. The van der Waals surface area contributed by atoms with E-state index in [2.05, 4.69) is 18.7 Å². The zero-order chi connectivity index (χ0) is 11.6. The van der Waals surface area contributed by atoms with Crippen LogP contribution in [0.4, 0.5) is 0 Å². The van der Waals surface area contributed by atoms with Gasteiger partial charge >= 0.3 is 0 Å². The molecule has 2 saturated heterocycles. The summed E-state index contributed by atoms with van der Waals surface area (Å²) in [6.45, 7) is 8.76. The fourth-order valence-corrected chi connectivity index (χ4v) is 2.91. The molecule has 2 aliphatic rings. The summed E-state index contributed by atoms with van der Waals surface area (Å²) >= 11 is 0. The van der Waals surface area contributed by atoms with Crippen LogP contribution in [0.2, 0.25) is 0 Å². The zero-order valence-electron chi connectivity index (χ0n) is 10.7. The first-order valence-corrected chi connectivity index (χ1v) is 6.68. The van der Waals surface area contributed by atoms with Gasteiger partial charge in [-0.1, -0.05) is 0 Å². The summed E-state index contributed by atoms with van der Waals surface area (Å²) in [7, 11) is 0. The predicted molar refractivity (Wildman–Crippen MR) is 66.4 cm³/mol. The van der Waals surface area contributed by atoms with E-state index in [0.29, 0.717) is 17.6 Å². The second kappa shape index (κ2) is 5.03. The van der Waals surface area contributed by atoms with E-state index >= 15 is 0 Å². The molecule has 2 rings (SSSR count). The van der Waals surface area contributed by atoms with E-state index in [4.69, 9.17) is 10.5 Å². The maximum Gasteiger partial charge on any atom is 0.0703 e. The minimum Gasteiger partial charge on any atom is -0.377 e. The first kappa shape index (κ1) is 12.3. The first-order valence-electron chi connectivity index (χ1n) is 6.68. The molecule has 0 radical (unpaired) electrons. The monoisotopic (exact) mass is 226 g/mol. The van der Waals surface area contributed by atoms with Crippen LogP contribution < -0.4 is 5.73 Å². The quantitative estimate of drug-likeness (QED) is 0.794. The Morgan fingerprint density at radius 2 is 2.19 bits per heavy atom. The summed E-state index contributed by atoms with van der Waals surface area (Å²) in [6, 6.07) is 0. The van der Waals surface area contributed by atoms with Crippen molar-refractivity contribution in [3.8, 4) is 0 Å². The Morgan fingerprint density at radius 3 is 2.81 bits per heavy atom. The molecule has 94 valence electrons. The van der Waals surface area contributed by atoms with Gasteiger partial charge in [0.25, 0.3) is 0 Å². The van der Waals surface area contributed by atoms with Crippen molar-refractivity contribution in [3.05, 3.63) is 0 Å². The van der Waals surface area contributed by atoms with Crippen molar-refractivity contribution in [1.82, 2.24) is 4.90 Å². The van der Waals surface area contributed by atoms with Crippen molar-refractivity contribution < 1.29 is 4.74 Å². The van der Waals surface area contributed by atoms with Crippen LogP contribution in [-0.4, -0.2) is 42.8 Å². The summed E-state index contributed by atoms with van der Waals surface area (Å²) in [4.78, 5) is 2.60. The van der Waals surface area contributed by atoms with Crippen LogP contribution in [0.15, 0.2) is 0 Å². The topological polar surface area (TPSA) is 38.5 Å². The van der Waals surface area contributed by atoms with E-state index in [0.717, 1.165) is 26.2 Å². The van der Waals surface area contributed by atoms with Gasteiger partial charge in [0, 0.05) is 25.2 Å². The molecular formula is C13H26N2O. The first-order chi connectivity index (χ1) is 7.62. The van der Waals surface area contributed by atoms with Crippen LogP contribution in [-0.2, 0) is 4.74 Å². The van der Waals surface area contributed by atoms with E-state index in [1.165, 1.54) is 25.7 Å². The van der Waals surface area contributed by atoms with Gasteiger partial charge in [0.15, 0.2) is 0 Å².